The molecule has 0 spiro atoms. The SMILES string of the molecule is Cn1ccc2cc(Cc3ncc(C4CC4)cc3C(=O)O)cc(-c3cccc(F)c3)c21.Cn1ccc2cc(Cc3ncc(C4CC4)cc3C(=O)O)cc(Br)c21. The van der Waals surface area contributed by atoms with E-state index in [9.17, 15) is 24.2 Å². The number of halogens is 2. The molecule has 7 aromatic rings. The number of rotatable bonds is 9. The lowest BCUT2D eigenvalue weighted by Crippen LogP contribution is -2.07. The van der Waals surface area contributed by atoms with Crippen molar-refractivity contribution in [3.8, 4) is 11.1 Å². The molecule has 2 aliphatic carbocycles. The van der Waals surface area contributed by atoms with Crippen molar-refractivity contribution in [2.45, 2.75) is 50.4 Å². The molecule has 0 radical (unpaired) electrons. The molecule has 0 aliphatic heterocycles. The third kappa shape index (κ3) is 7.30. The van der Waals surface area contributed by atoms with Crippen LogP contribution in [-0.2, 0) is 26.9 Å². The van der Waals surface area contributed by atoms with Gasteiger partial charge in [0.1, 0.15) is 5.82 Å². The Labute approximate surface area is 320 Å². The van der Waals surface area contributed by atoms with E-state index in [0.29, 0.717) is 41.6 Å². The summed E-state index contributed by atoms with van der Waals surface area (Å²) in [5, 5.41) is 21.4. The number of hydrogen-bond donors (Lipinski definition) is 2. The van der Waals surface area contributed by atoms with Gasteiger partial charge in [0, 0.05) is 72.5 Å². The normalized spacial score (nSPS) is 13.9. The van der Waals surface area contributed by atoms with Crippen LogP contribution in [0.3, 0.4) is 0 Å². The van der Waals surface area contributed by atoms with E-state index in [1.54, 1.807) is 18.2 Å². The van der Waals surface area contributed by atoms with Crippen LogP contribution in [0.4, 0.5) is 4.39 Å². The fraction of sp³-hybridized carbons (Fsp3) is 0.227. The molecule has 3 aromatic carbocycles. The molecular weight excluding hydrogens is 747 g/mol. The Balaban J connectivity index is 0.000000157. The maximum absolute atomic E-state index is 13.9. The van der Waals surface area contributed by atoms with Crippen molar-refractivity contribution in [1.29, 1.82) is 0 Å². The first-order valence-corrected chi connectivity index (χ1v) is 18.8. The molecule has 2 N–H and O–H groups in total. The monoisotopic (exact) mass is 784 g/mol. The number of fused-ring (bicyclic) bond motifs is 2. The van der Waals surface area contributed by atoms with Crippen LogP contribution in [-0.4, -0.2) is 41.3 Å². The molecule has 0 unspecified atom stereocenters. The lowest BCUT2D eigenvalue weighted by Gasteiger charge is -2.12. The number of nitrogens with zero attached hydrogens (tertiary/aromatic N) is 4. The lowest BCUT2D eigenvalue weighted by atomic mass is 9.96. The molecule has 2 aliphatic rings. The van der Waals surface area contributed by atoms with E-state index in [4.69, 9.17) is 0 Å². The Morgan fingerprint density at radius 3 is 1.76 bits per heavy atom. The van der Waals surface area contributed by atoms with Gasteiger partial charge < -0.3 is 19.3 Å². The molecule has 272 valence electrons. The van der Waals surface area contributed by atoms with Gasteiger partial charge in [0.25, 0.3) is 0 Å². The largest absolute Gasteiger partial charge is 0.478 e. The Bertz CT molecular complexity index is 2600. The molecule has 0 saturated heterocycles. The number of benzene rings is 3. The van der Waals surface area contributed by atoms with Gasteiger partial charge in [-0.1, -0.05) is 12.1 Å². The van der Waals surface area contributed by atoms with E-state index in [0.717, 1.165) is 85.3 Å². The highest BCUT2D eigenvalue weighted by Crippen LogP contribution is 2.41. The number of pyridine rings is 2. The van der Waals surface area contributed by atoms with Crippen LogP contribution in [0.25, 0.3) is 32.9 Å². The first kappa shape index (κ1) is 35.4. The van der Waals surface area contributed by atoms with Crippen LogP contribution >= 0.6 is 15.9 Å². The first-order valence-electron chi connectivity index (χ1n) is 18.0. The van der Waals surface area contributed by atoms with Crippen LogP contribution in [0, 0.1) is 5.82 Å². The Morgan fingerprint density at radius 2 is 1.24 bits per heavy atom. The molecule has 4 aromatic heterocycles. The highest BCUT2D eigenvalue weighted by atomic mass is 79.9. The average Bonchev–Trinajstić information content (AvgIpc) is 4.09. The third-order valence-corrected chi connectivity index (χ3v) is 11.0. The van der Waals surface area contributed by atoms with Crippen LogP contribution in [0.5, 0.6) is 0 Å². The van der Waals surface area contributed by atoms with E-state index >= 15 is 0 Å². The van der Waals surface area contributed by atoms with Crippen molar-refractivity contribution >= 4 is 49.7 Å². The highest BCUT2D eigenvalue weighted by Gasteiger charge is 2.27. The van der Waals surface area contributed by atoms with Gasteiger partial charge in [0.05, 0.1) is 33.5 Å². The van der Waals surface area contributed by atoms with Crippen molar-refractivity contribution in [1.82, 2.24) is 19.1 Å². The quantitative estimate of drug-likeness (QED) is 0.151. The maximum Gasteiger partial charge on any atom is 0.337 e. The number of hydrogen-bond acceptors (Lipinski definition) is 4. The minimum atomic E-state index is -0.953. The number of carboxylic acid groups (broad SMARTS) is 2. The molecule has 0 atom stereocenters. The van der Waals surface area contributed by atoms with E-state index in [1.807, 2.05) is 67.7 Å². The summed E-state index contributed by atoms with van der Waals surface area (Å²) in [4.78, 5) is 32.5. The van der Waals surface area contributed by atoms with Gasteiger partial charge in [-0.3, -0.25) is 9.97 Å². The lowest BCUT2D eigenvalue weighted by molar-refractivity contribution is 0.0684. The molecule has 9 rings (SSSR count). The summed E-state index contributed by atoms with van der Waals surface area (Å²) < 4.78 is 19.0. The summed E-state index contributed by atoms with van der Waals surface area (Å²) in [7, 11) is 3.97. The topological polar surface area (TPSA) is 110 Å². The molecule has 0 bridgehead atoms. The molecule has 10 heteroatoms. The van der Waals surface area contributed by atoms with E-state index in [2.05, 4.69) is 48.7 Å². The van der Waals surface area contributed by atoms with Gasteiger partial charge in [-0.2, -0.15) is 0 Å². The van der Waals surface area contributed by atoms with Crippen molar-refractivity contribution in [2.24, 2.45) is 14.1 Å². The predicted molar refractivity (Wildman–Crippen MR) is 211 cm³/mol. The second kappa shape index (κ2) is 14.3. The van der Waals surface area contributed by atoms with Gasteiger partial charge >= 0.3 is 11.9 Å². The molecule has 54 heavy (non-hydrogen) atoms. The zero-order valence-corrected chi connectivity index (χ0v) is 31.5. The fourth-order valence-corrected chi connectivity index (χ4v) is 8.17. The number of aryl methyl sites for hydroxylation is 2. The zero-order valence-electron chi connectivity index (χ0n) is 29.9. The zero-order chi connectivity index (χ0) is 37.7. The fourth-order valence-electron chi connectivity index (χ4n) is 7.37. The summed E-state index contributed by atoms with van der Waals surface area (Å²) in [5.41, 5.74) is 9.67. The van der Waals surface area contributed by atoms with Crippen molar-refractivity contribution in [3.05, 3.63) is 153 Å². The summed E-state index contributed by atoms with van der Waals surface area (Å²) in [6, 6.07) is 22.4. The van der Waals surface area contributed by atoms with Crippen molar-refractivity contribution in [2.75, 3.05) is 0 Å². The number of aromatic carboxylic acids is 2. The number of aromatic nitrogens is 4. The summed E-state index contributed by atoms with van der Waals surface area (Å²) >= 11 is 3.62. The van der Waals surface area contributed by atoms with Crippen molar-refractivity contribution in [3.63, 3.8) is 0 Å². The highest BCUT2D eigenvalue weighted by molar-refractivity contribution is 9.10. The van der Waals surface area contributed by atoms with E-state index < -0.39 is 11.9 Å². The van der Waals surface area contributed by atoms with Crippen LogP contribution in [0.2, 0.25) is 0 Å². The molecule has 2 saturated carbocycles. The van der Waals surface area contributed by atoms with E-state index in [-0.39, 0.29) is 11.4 Å². The molecule has 8 nitrogen and oxygen atoms in total. The van der Waals surface area contributed by atoms with Gasteiger partial charge in [-0.25, -0.2) is 14.0 Å². The standard InChI is InChI=1S/C25H21FN2O2.C19H17BrN2O2/c1-28-8-7-18-9-15(10-21(24(18)28)17-3-2-4-20(26)12-17)11-23-22(25(29)30)13-19(14-27-23)16-5-6-16;1-22-5-4-13-6-11(7-16(20)18(13)22)8-17-15(19(23)24)9-14(10-21-17)12-2-3-12/h2-4,7-10,12-14,16H,5-6,11H2,1H3,(H,29,30);4-7,9-10,12H,2-3,8H2,1H3,(H,23,24). The Hall–Kier alpha value is -5.61. The van der Waals surface area contributed by atoms with Gasteiger partial charge in [-0.15, -0.1) is 0 Å². The Morgan fingerprint density at radius 1 is 0.722 bits per heavy atom. The molecule has 2 fully saturated rings. The van der Waals surface area contributed by atoms with Crippen LogP contribution in [0.1, 0.15) is 91.9 Å². The first-order chi connectivity index (χ1) is 26.0. The van der Waals surface area contributed by atoms with Crippen LogP contribution < -0.4 is 0 Å². The van der Waals surface area contributed by atoms with Crippen molar-refractivity contribution < 1.29 is 24.2 Å². The van der Waals surface area contributed by atoms with Gasteiger partial charge in [0.2, 0.25) is 0 Å². The minimum absolute atomic E-state index is 0.264. The third-order valence-electron chi connectivity index (χ3n) is 10.4. The van der Waals surface area contributed by atoms with Gasteiger partial charge in [-0.05, 0) is 142 Å². The number of carbonyl (C=O) groups is 2. The summed E-state index contributed by atoms with van der Waals surface area (Å²) in [6.07, 6.45) is 13.0. The number of carboxylic acids is 2. The second-order valence-corrected chi connectivity index (χ2v) is 15.4. The molecular formula is C44H38BrFN4O4. The van der Waals surface area contributed by atoms with Crippen LogP contribution in [0.15, 0.2) is 102 Å². The molecule has 0 amide bonds. The summed E-state index contributed by atoms with van der Waals surface area (Å²) in [6.45, 7) is 0. The maximum atomic E-state index is 13.9. The second-order valence-electron chi connectivity index (χ2n) is 14.5. The smallest absolute Gasteiger partial charge is 0.337 e. The summed E-state index contributed by atoms with van der Waals surface area (Å²) in [5.74, 6) is -1.19. The van der Waals surface area contributed by atoms with E-state index in [1.165, 1.54) is 12.1 Å². The predicted octanol–water partition coefficient (Wildman–Crippen LogP) is 10.0. The van der Waals surface area contributed by atoms with Gasteiger partial charge in [0.15, 0.2) is 0 Å². The average molecular weight is 786 g/mol. The minimum Gasteiger partial charge on any atom is -0.478 e. The molecule has 4 heterocycles. The Kier molecular flexibility index (Phi) is 9.39.